The lowest BCUT2D eigenvalue weighted by Gasteiger charge is -2.11. The molecule has 0 heterocycles. The molecule has 0 amide bonds. The monoisotopic (exact) mass is 256 g/mol. The molecule has 0 aromatic heterocycles. The zero-order valence-corrected chi connectivity index (χ0v) is 10.0. The summed E-state index contributed by atoms with van der Waals surface area (Å²) in [6.07, 6.45) is -0.830. The van der Waals surface area contributed by atoms with Crippen LogP contribution in [0.4, 0.5) is 5.69 Å². The summed E-state index contributed by atoms with van der Waals surface area (Å²) in [5.74, 6) is 0.104. The van der Waals surface area contributed by atoms with Crippen molar-refractivity contribution < 1.29 is 19.5 Å². The maximum atomic E-state index is 10.9. The Kier molecular flexibility index (Phi) is 5.50. The average molecular weight is 256 g/mol. The molecule has 100 valence electrons. The molecule has 7 heteroatoms. The molecule has 0 aliphatic heterocycles. The largest absolute Gasteiger partial charge is 0.484 e. The molecule has 0 aliphatic rings. The first-order chi connectivity index (χ1) is 8.58. The first-order valence-corrected chi connectivity index (χ1v) is 5.35. The summed E-state index contributed by atoms with van der Waals surface area (Å²) in [7, 11) is 1.45. The molecule has 0 radical (unpaired) electrons. The van der Waals surface area contributed by atoms with Gasteiger partial charge in [0.25, 0.3) is 0 Å². The fraction of sp³-hybridized carbons (Fsp3) is 0.455. The lowest BCUT2D eigenvalue weighted by atomic mass is 10.2. The van der Waals surface area contributed by atoms with Gasteiger partial charge in [-0.1, -0.05) is 6.07 Å². The van der Waals surface area contributed by atoms with Crippen molar-refractivity contribution in [1.82, 2.24) is 0 Å². The molecule has 0 bridgehead atoms. The highest BCUT2D eigenvalue weighted by molar-refractivity contribution is 5.48. The summed E-state index contributed by atoms with van der Waals surface area (Å²) in [6.45, 7) is 0.249. The second-order valence-corrected chi connectivity index (χ2v) is 3.68. The van der Waals surface area contributed by atoms with E-state index >= 15 is 0 Å². The highest BCUT2D eigenvalue weighted by Crippen LogP contribution is 2.27. The Hall–Kier alpha value is -1.70. The van der Waals surface area contributed by atoms with E-state index < -0.39 is 11.0 Å². The Balaban J connectivity index is 2.78. The summed E-state index contributed by atoms with van der Waals surface area (Å²) in [5, 5.41) is 20.3. The van der Waals surface area contributed by atoms with Crippen molar-refractivity contribution in [3.63, 3.8) is 0 Å². The molecule has 0 saturated carbocycles. The van der Waals surface area contributed by atoms with Gasteiger partial charge in [0, 0.05) is 19.7 Å². The minimum Gasteiger partial charge on any atom is -0.484 e. The van der Waals surface area contributed by atoms with Crippen molar-refractivity contribution >= 4 is 5.69 Å². The maximum Gasteiger partial charge on any atom is 0.311 e. The van der Waals surface area contributed by atoms with Crippen LogP contribution in [0.15, 0.2) is 18.2 Å². The van der Waals surface area contributed by atoms with E-state index in [1.54, 1.807) is 6.07 Å². The molecule has 3 N–H and O–H groups in total. The Morgan fingerprint density at radius 2 is 2.22 bits per heavy atom. The highest BCUT2D eigenvalue weighted by atomic mass is 16.6. The number of nitro groups is 1. The molecule has 7 nitrogen and oxygen atoms in total. The van der Waals surface area contributed by atoms with Crippen molar-refractivity contribution in [2.45, 2.75) is 12.6 Å². The Morgan fingerprint density at radius 3 is 2.78 bits per heavy atom. The van der Waals surface area contributed by atoms with Crippen molar-refractivity contribution in [3.8, 4) is 5.75 Å². The number of rotatable bonds is 7. The normalized spacial score (nSPS) is 12.2. The third kappa shape index (κ3) is 3.95. The molecule has 1 atom stereocenters. The van der Waals surface area contributed by atoms with E-state index in [4.69, 9.17) is 15.2 Å². The highest BCUT2D eigenvalue weighted by Gasteiger charge is 2.16. The van der Waals surface area contributed by atoms with Crippen LogP contribution < -0.4 is 10.5 Å². The van der Waals surface area contributed by atoms with Crippen LogP contribution in [0, 0.1) is 10.1 Å². The second kappa shape index (κ2) is 6.90. The first kappa shape index (κ1) is 14.4. The fourth-order valence-corrected chi connectivity index (χ4v) is 1.38. The van der Waals surface area contributed by atoms with Gasteiger partial charge in [0.2, 0.25) is 0 Å². The molecule has 0 aliphatic carbocycles. The number of aliphatic hydroxyl groups is 1. The number of hydrogen-bond acceptors (Lipinski definition) is 6. The second-order valence-electron chi connectivity index (χ2n) is 3.68. The van der Waals surface area contributed by atoms with Crippen molar-refractivity contribution in [3.05, 3.63) is 33.9 Å². The minimum absolute atomic E-state index is 0.0728. The zero-order valence-electron chi connectivity index (χ0n) is 10.0. The van der Waals surface area contributed by atoms with Gasteiger partial charge in [-0.15, -0.1) is 0 Å². The molecule has 1 rings (SSSR count). The number of nitro benzene ring substituents is 1. The van der Waals surface area contributed by atoms with E-state index in [9.17, 15) is 15.2 Å². The molecule has 0 saturated heterocycles. The predicted molar refractivity (Wildman–Crippen MR) is 64.4 cm³/mol. The SMILES string of the molecule is COCC(O)COc1ccc(CN)cc1[N+](=O)[O-]. The van der Waals surface area contributed by atoms with E-state index in [0.29, 0.717) is 5.56 Å². The summed E-state index contributed by atoms with van der Waals surface area (Å²) in [5.41, 5.74) is 5.89. The summed E-state index contributed by atoms with van der Waals surface area (Å²) in [6, 6.07) is 4.48. The standard InChI is InChI=1S/C11H16N2O5/c1-17-6-9(14)7-18-11-3-2-8(5-12)4-10(11)13(15)16/h2-4,9,14H,5-7,12H2,1H3. The Bertz CT molecular complexity index is 410. The van der Waals surface area contributed by atoms with Crippen molar-refractivity contribution in [1.29, 1.82) is 0 Å². The topological polar surface area (TPSA) is 108 Å². The predicted octanol–water partition coefficient (Wildman–Crippen LogP) is 0.440. The average Bonchev–Trinajstić information content (AvgIpc) is 2.36. The van der Waals surface area contributed by atoms with E-state index in [0.717, 1.165) is 0 Å². The van der Waals surface area contributed by atoms with Gasteiger partial charge in [-0.05, 0) is 11.6 Å². The maximum absolute atomic E-state index is 10.9. The smallest absolute Gasteiger partial charge is 0.311 e. The quantitative estimate of drug-likeness (QED) is 0.541. The molecule has 1 unspecified atom stereocenters. The third-order valence-electron chi connectivity index (χ3n) is 2.25. The van der Waals surface area contributed by atoms with Gasteiger partial charge in [-0.25, -0.2) is 0 Å². The van der Waals surface area contributed by atoms with Crippen molar-refractivity contribution in [2.24, 2.45) is 5.73 Å². The fourth-order valence-electron chi connectivity index (χ4n) is 1.38. The summed E-state index contributed by atoms with van der Waals surface area (Å²) in [4.78, 5) is 10.3. The number of ether oxygens (including phenoxy) is 2. The Morgan fingerprint density at radius 1 is 1.50 bits per heavy atom. The molecule has 1 aromatic carbocycles. The molecule has 0 spiro atoms. The van der Waals surface area contributed by atoms with Crippen LogP contribution in [0.5, 0.6) is 5.75 Å². The van der Waals surface area contributed by atoms with Crippen LogP contribution in [-0.2, 0) is 11.3 Å². The number of hydrogen-bond donors (Lipinski definition) is 2. The van der Waals surface area contributed by atoms with Crippen LogP contribution in [0.2, 0.25) is 0 Å². The van der Waals surface area contributed by atoms with E-state index in [2.05, 4.69) is 0 Å². The number of aliphatic hydroxyl groups excluding tert-OH is 1. The van der Waals surface area contributed by atoms with E-state index in [-0.39, 0.29) is 31.2 Å². The van der Waals surface area contributed by atoms with Crippen LogP contribution in [-0.4, -0.2) is 36.5 Å². The first-order valence-electron chi connectivity index (χ1n) is 5.35. The van der Waals surface area contributed by atoms with Gasteiger partial charge in [0.05, 0.1) is 11.5 Å². The van der Waals surface area contributed by atoms with Gasteiger partial charge >= 0.3 is 5.69 Å². The van der Waals surface area contributed by atoms with E-state index in [1.807, 2.05) is 0 Å². The number of nitrogens with zero attached hydrogens (tertiary/aromatic N) is 1. The minimum atomic E-state index is -0.830. The van der Waals surface area contributed by atoms with Crippen LogP contribution in [0.3, 0.4) is 0 Å². The van der Waals surface area contributed by atoms with Crippen LogP contribution >= 0.6 is 0 Å². The molecule has 18 heavy (non-hydrogen) atoms. The van der Waals surface area contributed by atoms with Gasteiger partial charge < -0.3 is 20.3 Å². The molecular formula is C11H16N2O5. The Labute approximate surface area is 104 Å². The molecule has 1 aromatic rings. The van der Waals surface area contributed by atoms with Gasteiger partial charge in [0.1, 0.15) is 12.7 Å². The summed E-state index contributed by atoms with van der Waals surface area (Å²) >= 11 is 0. The van der Waals surface area contributed by atoms with Crippen LogP contribution in [0.1, 0.15) is 5.56 Å². The molecule has 0 fully saturated rings. The van der Waals surface area contributed by atoms with Gasteiger partial charge in [0.15, 0.2) is 5.75 Å². The lowest BCUT2D eigenvalue weighted by Crippen LogP contribution is -2.22. The van der Waals surface area contributed by atoms with Gasteiger partial charge in [-0.3, -0.25) is 10.1 Å². The summed E-state index contributed by atoms with van der Waals surface area (Å²) < 4.78 is 9.93. The van der Waals surface area contributed by atoms with Crippen LogP contribution in [0.25, 0.3) is 0 Å². The number of nitrogens with two attached hydrogens (primary N) is 1. The molecular weight excluding hydrogens is 240 g/mol. The zero-order chi connectivity index (χ0) is 13.5. The van der Waals surface area contributed by atoms with Crippen molar-refractivity contribution in [2.75, 3.05) is 20.3 Å². The van der Waals surface area contributed by atoms with Gasteiger partial charge in [-0.2, -0.15) is 0 Å². The lowest BCUT2D eigenvalue weighted by molar-refractivity contribution is -0.386. The third-order valence-corrected chi connectivity index (χ3v) is 2.25. The van der Waals surface area contributed by atoms with E-state index in [1.165, 1.54) is 19.2 Å². The number of methoxy groups -OCH3 is 1. The number of benzene rings is 1.